The summed E-state index contributed by atoms with van der Waals surface area (Å²) in [6.07, 6.45) is 5.67. The highest BCUT2D eigenvalue weighted by atomic mass is 19.3. The minimum atomic E-state index is -2.61. The van der Waals surface area contributed by atoms with Crippen molar-refractivity contribution < 1.29 is 13.9 Å². The Bertz CT molecular complexity index is 483. The molecule has 0 radical (unpaired) electrons. The van der Waals surface area contributed by atoms with Gasteiger partial charge in [0.15, 0.2) is 5.96 Å². The Morgan fingerprint density at radius 3 is 2.82 bits per heavy atom. The van der Waals surface area contributed by atoms with Crippen molar-refractivity contribution >= 4 is 5.96 Å². The number of alkyl halides is 2. The van der Waals surface area contributed by atoms with E-state index in [4.69, 9.17) is 0 Å². The minimum Gasteiger partial charge on any atom is -0.393 e. The van der Waals surface area contributed by atoms with Gasteiger partial charge >= 0.3 is 6.55 Å². The van der Waals surface area contributed by atoms with Crippen molar-refractivity contribution in [2.24, 2.45) is 4.99 Å². The van der Waals surface area contributed by atoms with Gasteiger partial charge < -0.3 is 15.7 Å². The van der Waals surface area contributed by atoms with Gasteiger partial charge in [-0.1, -0.05) is 0 Å². The summed E-state index contributed by atoms with van der Waals surface area (Å²) >= 11 is 0. The number of halogens is 2. The van der Waals surface area contributed by atoms with Crippen molar-refractivity contribution in [1.29, 1.82) is 0 Å². The van der Waals surface area contributed by atoms with Crippen molar-refractivity contribution in [3.8, 4) is 0 Å². The first-order valence-electron chi connectivity index (χ1n) is 7.63. The Hall–Kier alpha value is -1.70. The lowest BCUT2D eigenvalue weighted by molar-refractivity contribution is 0.0671. The van der Waals surface area contributed by atoms with E-state index in [-0.39, 0.29) is 24.5 Å². The molecule has 22 heavy (non-hydrogen) atoms. The number of imidazole rings is 1. The van der Waals surface area contributed by atoms with Crippen LogP contribution in [0, 0.1) is 0 Å². The van der Waals surface area contributed by atoms with Crippen molar-refractivity contribution in [2.75, 3.05) is 6.54 Å². The summed E-state index contributed by atoms with van der Waals surface area (Å²) in [6.45, 7) is 0.108. The van der Waals surface area contributed by atoms with E-state index in [9.17, 15) is 13.9 Å². The first-order chi connectivity index (χ1) is 10.6. The summed E-state index contributed by atoms with van der Waals surface area (Å²) in [4.78, 5) is 8.24. The third kappa shape index (κ3) is 4.66. The molecule has 6 nitrogen and oxygen atoms in total. The molecule has 0 aromatic carbocycles. The van der Waals surface area contributed by atoms with Crippen LogP contribution in [-0.4, -0.2) is 39.3 Å². The number of aromatic nitrogens is 2. The molecule has 1 aliphatic carbocycles. The molecule has 0 spiro atoms. The van der Waals surface area contributed by atoms with E-state index in [1.165, 1.54) is 12.4 Å². The molecule has 0 bridgehead atoms. The second kappa shape index (κ2) is 8.07. The molecule has 1 aliphatic rings. The number of aliphatic hydroxyl groups is 1. The fourth-order valence-electron chi connectivity index (χ4n) is 2.53. The van der Waals surface area contributed by atoms with Crippen LogP contribution < -0.4 is 10.6 Å². The van der Waals surface area contributed by atoms with Gasteiger partial charge in [-0.25, -0.2) is 9.98 Å². The summed E-state index contributed by atoms with van der Waals surface area (Å²) in [5, 5.41) is 15.9. The topological polar surface area (TPSA) is 74.5 Å². The van der Waals surface area contributed by atoms with E-state index in [1.807, 2.05) is 6.92 Å². The van der Waals surface area contributed by atoms with Gasteiger partial charge in [-0.15, -0.1) is 0 Å². The number of aliphatic imine (C=N–C) groups is 1. The van der Waals surface area contributed by atoms with Crippen LogP contribution in [0.1, 0.15) is 45.0 Å². The summed E-state index contributed by atoms with van der Waals surface area (Å²) in [5.41, 5.74) is 0. The Balaban J connectivity index is 1.96. The molecule has 0 aliphatic heterocycles. The highest BCUT2D eigenvalue weighted by Gasteiger charge is 2.20. The minimum absolute atomic E-state index is 0.0853. The molecule has 3 N–H and O–H groups in total. The third-order valence-corrected chi connectivity index (χ3v) is 3.72. The maximum Gasteiger partial charge on any atom is 0.319 e. The van der Waals surface area contributed by atoms with E-state index in [0.717, 1.165) is 30.3 Å². The van der Waals surface area contributed by atoms with Crippen LogP contribution in [0.5, 0.6) is 0 Å². The molecule has 1 aromatic heterocycles. The molecule has 1 heterocycles. The molecule has 2 rings (SSSR count). The SMILES string of the molecule is CCNC(=NCc1nccn1C(F)F)NC1CCC(O)CC1. The van der Waals surface area contributed by atoms with Gasteiger partial charge in [-0.3, -0.25) is 4.57 Å². The Kier molecular flexibility index (Phi) is 6.11. The van der Waals surface area contributed by atoms with Crippen LogP contribution in [0.3, 0.4) is 0 Å². The molecule has 124 valence electrons. The van der Waals surface area contributed by atoms with Gasteiger partial charge in [0.25, 0.3) is 0 Å². The number of guanidine groups is 1. The van der Waals surface area contributed by atoms with E-state index < -0.39 is 6.55 Å². The van der Waals surface area contributed by atoms with Crippen LogP contribution in [0.4, 0.5) is 8.78 Å². The molecule has 0 unspecified atom stereocenters. The third-order valence-electron chi connectivity index (χ3n) is 3.72. The number of nitrogens with zero attached hydrogens (tertiary/aromatic N) is 3. The van der Waals surface area contributed by atoms with Crippen LogP contribution in [0.25, 0.3) is 0 Å². The van der Waals surface area contributed by atoms with Crippen molar-refractivity contribution in [1.82, 2.24) is 20.2 Å². The van der Waals surface area contributed by atoms with Crippen LogP contribution in [0.2, 0.25) is 0 Å². The second-order valence-corrected chi connectivity index (χ2v) is 5.37. The molecular weight excluding hydrogens is 292 g/mol. The van der Waals surface area contributed by atoms with Gasteiger partial charge in [-0.2, -0.15) is 8.78 Å². The monoisotopic (exact) mass is 315 g/mol. The number of rotatable bonds is 5. The number of aliphatic hydroxyl groups excluding tert-OH is 1. The highest BCUT2D eigenvalue weighted by Crippen LogP contribution is 2.18. The smallest absolute Gasteiger partial charge is 0.319 e. The van der Waals surface area contributed by atoms with Crippen molar-refractivity contribution in [2.45, 2.75) is 57.8 Å². The largest absolute Gasteiger partial charge is 0.393 e. The number of nitrogens with one attached hydrogen (secondary N) is 2. The maximum absolute atomic E-state index is 12.8. The predicted molar refractivity (Wildman–Crippen MR) is 79.7 cm³/mol. The summed E-state index contributed by atoms with van der Waals surface area (Å²) in [7, 11) is 0. The molecule has 1 saturated carbocycles. The Morgan fingerprint density at radius 2 is 2.18 bits per heavy atom. The summed E-state index contributed by atoms with van der Waals surface area (Å²) in [6, 6.07) is 0.246. The van der Waals surface area contributed by atoms with E-state index >= 15 is 0 Å². The lowest BCUT2D eigenvalue weighted by Gasteiger charge is -2.27. The van der Waals surface area contributed by atoms with E-state index in [1.54, 1.807) is 0 Å². The van der Waals surface area contributed by atoms with Gasteiger partial charge in [-0.05, 0) is 32.6 Å². The number of hydrogen-bond donors (Lipinski definition) is 3. The average Bonchev–Trinajstić information content (AvgIpc) is 2.96. The van der Waals surface area contributed by atoms with Gasteiger partial charge in [0, 0.05) is 25.0 Å². The lowest BCUT2D eigenvalue weighted by atomic mass is 9.93. The molecule has 0 atom stereocenters. The normalized spacial score (nSPS) is 22.9. The Morgan fingerprint density at radius 1 is 1.45 bits per heavy atom. The summed E-state index contributed by atoms with van der Waals surface area (Å²) < 4.78 is 26.3. The maximum atomic E-state index is 12.8. The van der Waals surface area contributed by atoms with Gasteiger partial charge in [0.2, 0.25) is 0 Å². The standard InChI is InChI=1S/C14H23F2N5O/c1-2-17-14(20-10-3-5-11(22)6-4-10)19-9-12-18-7-8-21(12)13(15)16/h7-8,10-11,13,22H,2-6,9H2,1H3,(H2,17,19,20). The molecule has 0 amide bonds. The first-order valence-corrected chi connectivity index (χ1v) is 7.63. The fourth-order valence-corrected chi connectivity index (χ4v) is 2.53. The highest BCUT2D eigenvalue weighted by molar-refractivity contribution is 5.80. The first kappa shape index (κ1) is 16.7. The summed E-state index contributed by atoms with van der Waals surface area (Å²) in [5.74, 6) is 0.818. The molecule has 1 fully saturated rings. The Labute approximate surface area is 128 Å². The van der Waals surface area contributed by atoms with Crippen LogP contribution in [0.15, 0.2) is 17.4 Å². The second-order valence-electron chi connectivity index (χ2n) is 5.37. The molecule has 1 aromatic rings. The fraction of sp³-hybridized carbons (Fsp3) is 0.714. The van der Waals surface area contributed by atoms with Crippen molar-refractivity contribution in [3.63, 3.8) is 0 Å². The van der Waals surface area contributed by atoms with E-state index in [2.05, 4.69) is 20.6 Å². The van der Waals surface area contributed by atoms with Gasteiger partial charge in [0.1, 0.15) is 12.4 Å². The number of hydrogen-bond acceptors (Lipinski definition) is 3. The lowest BCUT2D eigenvalue weighted by Crippen LogP contribution is -2.45. The zero-order chi connectivity index (χ0) is 15.9. The van der Waals surface area contributed by atoms with Crippen LogP contribution >= 0.6 is 0 Å². The molecule has 0 saturated heterocycles. The zero-order valence-electron chi connectivity index (χ0n) is 12.7. The quantitative estimate of drug-likeness (QED) is 0.570. The van der Waals surface area contributed by atoms with Crippen LogP contribution in [-0.2, 0) is 6.54 Å². The average molecular weight is 315 g/mol. The molecular formula is C14H23F2N5O. The van der Waals surface area contributed by atoms with E-state index in [0.29, 0.717) is 12.5 Å². The van der Waals surface area contributed by atoms with Crippen molar-refractivity contribution in [3.05, 3.63) is 18.2 Å². The zero-order valence-corrected chi connectivity index (χ0v) is 12.7. The van der Waals surface area contributed by atoms with Gasteiger partial charge in [0.05, 0.1) is 6.10 Å². The predicted octanol–water partition coefficient (Wildman–Crippen LogP) is 1.64. The molecule has 8 heteroatoms.